The van der Waals surface area contributed by atoms with Gasteiger partial charge in [0.2, 0.25) is 0 Å². The summed E-state index contributed by atoms with van der Waals surface area (Å²) in [6.07, 6.45) is 3.16. The first kappa shape index (κ1) is 27.8. The summed E-state index contributed by atoms with van der Waals surface area (Å²) in [5, 5.41) is 13.2. The normalized spacial score (nSPS) is 14.0. The number of aromatic nitrogens is 1. The van der Waals surface area contributed by atoms with Gasteiger partial charge in [-0.15, -0.1) is 17.7 Å². The molecule has 0 saturated carbocycles. The molecule has 1 radical (unpaired) electrons. The average Bonchev–Trinajstić information content (AvgIpc) is 3.17. The molecule has 0 fully saturated rings. The van der Waals surface area contributed by atoms with E-state index in [0.29, 0.717) is 0 Å². The molecular formula is C33H32IrNO3-. The molecule has 0 atom stereocenters. The third-order valence-corrected chi connectivity index (χ3v) is 7.13. The summed E-state index contributed by atoms with van der Waals surface area (Å²) in [4.78, 5) is 15.0. The number of fused-ring (bicyclic) bond motifs is 4. The minimum atomic E-state index is -0.235. The van der Waals surface area contributed by atoms with Crippen LogP contribution in [-0.2, 0) is 35.7 Å². The van der Waals surface area contributed by atoms with Crippen LogP contribution in [0.3, 0.4) is 0 Å². The van der Waals surface area contributed by atoms with Crippen molar-refractivity contribution in [3.63, 3.8) is 0 Å². The van der Waals surface area contributed by atoms with Crippen LogP contribution in [0.2, 0.25) is 0 Å². The summed E-state index contributed by atoms with van der Waals surface area (Å²) >= 11 is 0. The summed E-state index contributed by atoms with van der Waals surface area (Å²) in [5.41, 5.74) is 7.53. The second-order valence-electron chi connectivity index (χ2n) is 11.4. The molecule has 5 aromatic rings. The predicted molar refractivity (Wildman–Crippen MR) is 151 cm³/mol. The second-order valence-corrected chi connectivity index (χ2v) is 11.4. The van der Waals surface area contributed by atoms with Crippen molar-refractivity contribution in [1.82, 2.24) is 4.98 Å². The van der Waals surface area contributed by atoms with Gasteiger partial charge >= 0.3 is 0 Å². The molecule has 6 rings (SSSR count). The number of ketones is 1. The Kier molecular flexibility index (Phi) is 7.16. The van der Waals surface area contributed by atoms with Gasteiger partial charge in [0.15, 0.2) is 5.78 Å². The summed E-state index contributed by atoms with van der Waals surface area (Å²) < 4.78 is 6.52. The number of nitrogens with zero attached hydrogens (tertiary/aromatic N) is 1. The van der Waals surface area contributed by atoms with E-state index in [1.807, 2.05) is 18.3 Å². The van der Waals surface area contributed by atoms with Crippen molar-refractivity contribution in [3.05, 3.63) is 89.3 Å². The number of allylic oxidation sites excluding steroid dienone is 2. The van der Waals surface area contributed by atoms with Crippen LogP contribution in [-0.4, -0.2) is 15.9 Å². The standard InChI is InChI=1S/C28H24NO.C5H8O2.Ir/c1-27(2,3)20-14-13-19-23-22-18(11-8-12-21(22)30-26(20)23)25-24(28(19,4)5)17-10-7-6-9-16(17)15-29-25;1-4(6)3-5(2)7;/h6-10,12-15H,1-5H3;3,6H,1-2H3;/q-1;;/b;4-3-;. The molecule has 0 bridgehead atoms. The Morgan fingerprint density at radius 3 is 2.39 bits per heavy atom. The molecule has 1 aliphatic carbocycles. The topological polar surface area (TPSA) is 63.3 Å². The zero-order valence-electron chi connectivity index (χ0n) is 22.8. The molecule has 1 N–H and O–H groups in total. The van der Waals surface area contributed by atoms with Crippen LogP contribution >= 0.6 is 0 Å². The van der Waals surface area contributed by atoms with Gasteiger partial charge in [-0.25, -0.2) is 0 Å². The molecule has 4 nitrogen and oxygen atoms in total. The number of hydrogen-bond donors (Lipinski definition) is 1. The molecule has 0 saturated heterocycles. The average molecular weight is 683 g/mol. The Hall–Kier alpha value is -3.27. The zero-order chi connectivity index (χ0) is 26.7. The molecule has 0 aliphatic heterocycles. The Balaban J connectivity index is 0.000000375. The number of hydrogen-bond acceptors (Lipinski definition) is 4. The number of furan rings is 1. The van der Waals surface area contributed by atoms with E-state index in [1.165, 1.54) is 52.8 Å². The Morgan fingerprint density at radius 1 is 1.05 bits per heavy atom. The summed E-state index contributed by atoms with van der Waals surface area (Å²) in [5.74, 6) is -0.0625. The van der Waals surface area contributed by atoms with E-state index in [1.54, 1.807) is 0 Å². The van der Waals surface area contributed by atoms with Crippen LogP contribution in [0.25, 0.3) is 44.0 Å². The van der Waals surface area contributed by atoms with Gasteiger partial charge in [-0.05, 0) is 57.8 Å². The minimum absolute atomic E-state index is 0. The molecule has 38 heavy (non-hydrogen) atoms. The maximum atomic E-state index is 10.0. The van der Waals surface area contributed by atoms with Crippen LogP contribution in [0.5, 0.6) is 0 Å². The third kappa shape index (κ3) is 4.48. The maximum absolute atomic E-state index is 10.0. The van der Waals surface area contributed by atoms with Gasteiger partial charge in [0.05, 0.1) is 11.3 Å². The third-order valence-electron chi connectivity index (χ3n) is 7.13. The SMILES string of the molecule is CC(=O)/C=C(/C)O.CC(C)(C)c1ccc2c3c1oc1cc[c-]c(c13)-c1ncc3ccccc3c1C2(C)C.[Ir]. The van der Waals surface area contributed by atoms with Crippen molar-refractivity contribution < 1.29 is 34.4 Å². The maximum Gasteiger partial charge on any atom is 0.155 e. The second kappa shape index (κ2) is 9.80. The largest absolute Gasteiger partial charge is 0.512 e. The van der Waals surface area contributed by atoms with Crippen molar-refractivity contribution in [2.24, 2.45) is 0 Å². The number of carbonyl (C=O) groups excluding carboxylic acids is 1. The van der Waals surface area contributed by atoms with Crippen LogP contribution < -0.4 is 0 Å². The molecule has 2 aromatic heterocycles. The fourth-order valence-electron chi connectivity index (χ4n) is 5.57. The number of benzene rings is 3. The number of pyridine rings is 1. The molecule has 3 aromatic carbocycles. The number of aliphatic hydroxyl groups excluding tert-OH is 1. The van der Waals surface area contributed by atoms with Gasteiger partial charge in [0, 0.05) is 37.8 Å². The molecule has 197 valence electrons. The van der Waals surface area contributed by atoms with E-state index in [-0.39, 0.29) is 42.5 Å². The molecule has 1 aliphatic rings. The fourth-order valence-corrected chi connectivity index (χ4v) is 5.57. The number of aliphatic hydroxyl groups is 1. The van der Waals surface area contributed by atoms with E-state index in [4.69, 9.17) is 14.5 Å². The molecular weight excluding hydrogens is 651 g/mol. The Morgan fingerprint density at radius 2 is 1.76 bits per heavy atom. The number of rotatable bonds is 1. The van der Waals surface area contributed by atoms with E-state index in [9.17, 15) is 4.79 Å². The van der Waals surface area contributed by atoms with Gasteiger partial charge in [-0.1, -0.05) is 82.5 Å². The summed E-state index contributed by atoms with van der Waals surface area (Å²) in [6.45, 7) is 14.2. The minimum Gasteiger partial charge on any atom is -0.512 e. The fraction of sp³-hybridized carbons (Fsp3) is 0.273. The predicted octanol–water partition coefficient (Wildman–Crippen LogP) is 8.57. The smallest absolute Gasteiger partial charge is 0.155 e. The van der Waals surface area contributed by atoms with E-state index < -0.39 is 0 Å². The first-order valence-electron chi connectivity index (χ1n) is 12.6. The molecule has 0 spiro atoms. The van der Waals surface area contributed by atoms with Crippen molar-refractivity contribution in [2.45, 2.75) is 59.3 Å². The van der Waals surface area contributed by atoms with Crippen molar-refractivity contribution >= 4 is 38.5 Å². The van der Waals surface area contributed by atoms with Gasteiger partial charge in [0.25, 0.3) is 0 Å². The molecule has 5 heteroatoms. The quantitative estimate of drug-likeness (QED) is 0.109. The summed E-state index contributed by atoms with van der Waals surface area (Å²) in [7, 11) is 0. The Bertz CT molecular complexity index is 1730. The van der Waals surface area contributed by atoms with Crippen LogP contribution in [0.15, 0.2) is 71.0 Å². The summed E-state index contributed by atoms with van der Waals surface area (Å²) in [6, 6.07) is 20.7. The van der Waals surface area contributed by atoms with E-state index in [2.05, 4.69) is 77.1 Å². The number of carbonyl (C=O) groups is 1. The monoisotopic (exact) mass is 683 g/mol. The van der Waals surface area contributed by atoms with Gasteiger partial charge in [-0.2, -0.15) is 0 Å². The van der Waals surface area contributed by atoms with Crippen molar-refractivity contribution in [1.29, 1.82) is 0 Å². The van der Waals surface area contributed by atoms with E-state index >= 15 is 0 Å². The van der Waals surface area contributed by atoms with Crippen LogP contribution in [0.4, 0.5) is 0 Å². The first-order chi connectivity index (χ1) is 17.4. The first-order valence-corrected chi connectivity index (χ1v) is 12.6. The van der Waals surface area contributed by atoms with Crippen molar-refractivity contribution in [3.8, 4) is 11.3 Å². The molecule has 2 heterocycles. The molecule has 0 amide bonds. The van der Waals surface area contributed by atoms with Gasteiger partial charge in [-0.3, -0.25) is 4.79 Å². The van der Waals surface area contributed by atoms with Gasteiger partial charge in [0.1, 0.15) is 5.58 Å². The Labute approximate surface area is 237 Å². The van der Waals surface area contributed by atoms with Crippen molar-refractivity contribution in [2.75, 3.05) is 0 Å². The van der Waals surface area contributed by atoms with Crippen LogP contribution in [0, 0.1) is 6.07 Å². The van der Waals surface area contributed by atoms with E-state index in [0.717, 1.165) is 27.8 Å². The van der Waals surface area contributed by atoms with Crippen LogP contribution in [0.1, 0.15) is 65.2 Å². The zero-order valence-corrected chi connectivity index (χ0v) is 25.2. The molecule has 0 unspecified atom stereocenters. The van der Waals surface area contributed by atoms with Gasteiger partial charge < -0.3 is 14.5 Å².